The van der Waals surface area contributed by atoms with Crippen LogP contribution in [0.5, 0.6) is 0 Å². The minimum Gasteiger partial charge on any atom is -0.448 e. The van der Waals surface area contributed by atoms with E-state index in [4.69, 9.17) is 15.2 Å². The normalized spacial score (nSPS) is 20.4. The average molecular weight is 347 g/mol. The molecule has 25 heavy (non-hydrogen) atoms. The van der Waals surface area contributed by atoms with Crippen molar-refractivity contribution in [3.05, 3.63) is 42.3 Å². The summed E-state index contributed by atoms with van der Waals surface area (Å²) in [4.78, 5) is 24.0. The first-order valence-corrected chi connectivity index (χ1v) is 8.57. The zero-order valence-electron chi connectivity index (χ0n) is 14.9. The molecule has 0 saturated carbocycles. The van der Waals surface area contributed by atoms with Crippen LogP contribution in [-0.2, 0) is 25.7 Å². The highest BCUT2D eigenvalue weighted by Gasteiger charge is 2.45. The summed E-state index contributed by atoms with van der Waals surface area (Å²) in [6.45, 7) is 4.71. The monoisotopic (exact) mass is 347 g/mol. The number of rotatable bonds is 9. The van der Waals surface area contributed by atoms with Gasteiger partial charge in [-0.05, 0) is 51.6 Å². The predicted octanol–water partition coefficient (Wildman–Crippen LogP) is 1.73. The van der Waals surface area contributed by atoms with Crippen molar-refractivity contribution in [2.24, 2.45) is 5.73 Å². The van der Waals surface area contributed by atoms with E-state index in [1.807, 2.05) is 36.8 Å². The SMILES string of the molecule is CC(C)(OC(=O)C1(C[CH]COCc2ccccc2)CCCN1)C(N)=O. The summed E-state index contributed by atoms with van der Waals surface area (Å²) in [5.41, 5.74) is 4.27. The minimum absolute atomic E-state index is 0.435. The lowest BCUT2D eigenvalue weighted by Gasteiger charge is -2.31. The fourth-order valence-corrected chi connectivity index (χ4v) is 2.76. The molecular formula is C19H27N2O4. The lowest BCUT2D eigenvalue weighted by molar-refractivity contribution is -0.169. The molecule has 3 N–H and O–H groups in total. The first kappa shape index (κ1) is 19.4. The lowest BCUT2D eigenvalue weighted by Crippen LogP contribution is -2.53. The molecule has 1 unspecified atom stereocenters. The van der Waals surface area contributed by atoms with Gasteiger partial charge in [0, 0.05) is 0 Å². The second kappa shape index (κ2) is 8.45. The minimum atomic E-state index is -1.32. The van der Waals surface area contributed by atoms with Crippen LogP contribution in [0.4, 0.5) is 0 Å². The number of benzene rings is 1. The number of nitrogens with one attached hydrogen (secondary N) is 1. The smallest absolute Gasteiger partial charge is 0.327 e. The molecule has 1 saturated heterocycles. The van der Waals surface area contributed by atoms with Gasteiger partial charge in [-0.1, -0.05) is 30.3 Å². The van der Waals surface area contributed by atoms with Gasteiger partial charge < -0.3 is 20.5 Å². The van der Waals surface area contributed by atoms with Crippen LogP contribution in [0.15, 0.2) is 30.3 Å². The molecule has 1 aromatic rings. The van der Waals surface area contributed by atoms with E-state index in [0.717, 1.165) is 18.5 Å². The number of ether oxygens (including phenoxy) is 2. The van der Waals surface area contributed by atoms with E-state index in [9.17, 15) is 9.59 Å². The molecule has 6 heteroatoms. The quantitative estimate of drug-likeness (QED) is 0.524. The maximum absolute atomic E-state index is 12.6. The first-order chi connectivity index (χ1) is 11.9. The summed E-state index contributed by atoms with van der Waals surface area (Å²) in [6, 6.07) is 9.91. The zero-order valence-corrected chi connectivity index (χ0v) is 14.9. The molecule has 0 aliphatic carbocycles. The zero-order chi connectivity index (χ0) is 18.3. The Kier molecular flexibility index (Phi) is 6.56. The van der Waals surface area contributed by atoms with Crippen molar-refractivity contribution in [1.82, 2.24) is 5.32 Å². The van der Waals surface area contributed by atoms with Crippen molar-refractivity contribution in [3.63, 3.8) is 0 Å². The third-order valence-electron chi connectivity index (χ3n) is 4.42. The average Bonchev–Trinajstić information content (AvgIpc) is 3.05. The number of primary amides is 1. The summed E-state index contributed by atoms with van der Waals surface area (Å²) in [7, 11) is 0. The van der Waals surface area contributed by atoms with E-state index in [1.54, 1.807) is 0 Å². The number of esters is 1. The maximum Gasteiger partial charge on any atom is 0.327 e. The number of carbonyl (C=O) groups excluding carboxylic acids is 2. The maximum atomic E-state index is 12.6. The molecule has 1 radical (unpaired) electrons. The van der Waals surface area contributed by atoms with Crippen molar-refractivity contribution in [3.8, 4) is 0 Å². The van der Waals surface area contributed by atoms with Crippen LogP contribution in [0.25, 0.3) is 0 Å². The molecule has 1 amide bonds. The van der Waals surface area contributed by atoms with Crippen LogP contribution < -0.4 is 11.1 Å². The molecule has 1 aromatic carbocycles. The largest absolute Gasteiger partial charge is 0.448 e. The van der Waals surface area contributed by atoms with Gasteiger partial charge in [-0.2, -0.15) is 0 Å². The van der Waals surface area contributed by atoms with Crippen LogP contribution in [0.3, 0.4) is 0 Å². The molecule has 1 aliphatic heterocycles. The van der Waals surface area contributed by atoms with E-state index in [0.29, 0.717) is 26.1 Å². The molecule has 1 aliphatic rings. The fourth-order valence-electron chi connectivity index (χ4n) is 2.76. The van der Waals surface area contributed by atoms with Crippen LogP contribution in [0, 0.1) is 6.42 Å². The Morgan fingerprint density at radius 3 is 2.64 bits per heavy atom. The Morgan fingerprint density at radius 2 is 2.04 bits per heavy atom. The Bertz CT molecular complexity index is 580. The molecule has 137 valence electrons. The van der Waals surface area contributed by atoms with Gasteiger partial charge in [-0.3, -0.25) is 9.59 Å². The topological polar surface area (TPSA) is 90.7 Å². The number of carbonyl (C=O) groups is 2. The summed E-state index contributed by atoms with van der Waals surface area (Å²) < 4.78 is 11.0. The van der Waals surface area contributed by atoms with Gasteiger partial charge in [0.1, 0.15) is 5.54 Å². The van der Waals surface area contributed by atoms with Gasteiger partial charge >= 0.3 is 5.97 Å². The summed E-state index contributed by atoms with van der Waals surface area (Å²) in [5, 5.41) is 3.23. The highest BCUT2D eigenvalue weighted by atomic mass is 16.6. The van der Waals surface area contributed by atoms with Crippen molar-refractivity contribution in [2.45, 2.75) is 50.9 Å². The molecule has 0 aromatic heterocycles. The molecule has 6 nitrogen and oxygen atoms in total. The second-order valence-electron chi connectivity index (χ2n) is 6.87. The highest BCUT2D eigenvalue weighted by Crippen LogP contribution is 2.28. The van der Waals surface area contributed by atoms with Gasteiger partial charge in [0.25, 0.3) is 5.91 Å². The second-order valence-corrected chi connectivity index (χ2v) is 6.87. The van der Waals surface area contributed by atoms with E-state index >= 15 is 0 Å². The van der Waals surface area contributed by atoms with E-state index in [2.05, 4.69) is 5.32 Å². The van der Waals surface area contributed by atoms with Gasteiger partial charge in [-0.15, -0.1) is 0 Å². The summed E-state index contributed by atoms with van der Waals surface area (Å²) in [6.07, 6.45) is 3.95. The first-order valence-electron chi connectivity index (χ1n) is 8.57. The van der Waals surface area contributed by atoms with Crippen LogP contribution >= 0.6 is 0 Å². The van der Waals surface area contributed by atoms with Crippen LogP contribution in [0.2, 0.25) is 0 Å². The Morgan fingerprint density at radius 1 is 1.32 bits per heavy atom. The van der Waals surface area contributed by atoms with Crippen molar-refractivity contribution < 1.29 is 19.1 Å². The van der Waals surface area contributed by atoms with Crippen molar-refractivity contribution >= 4 is 11.9 Å². The third kappa shape index (κ3) is 5.28. The molecule has 1 fully saturated rings. The van der Waals surface area contributed by atoms with Crippen LogP contribution in [0.1, 0.15) is 38.7 Å². The summed E-state index contributed by atoms with van der Waals surface area (Å²) in [5.74, 6) is -1.10. The number of amides is 1. The Balaban J connectivity index is 1.83. The molecule has 1 heterocycles. The van der Waals surface area contributed by atoms with Gasteiger partial charge in [0.15, 0.2) is 5.60 Å². The number of nitrogens with two attached hydrogens (primary N) is 1. The number of hydrogen-bond acceptors (Lipinski definition) is 5. The highest BCUT2D eigenvalue weighted by molar-refractivity contribution is 5.88. The van der Waals surface area contributed by atoms with Gasteiger partial charge in [0.2, 0.25) is 0 Å². The van der Waals surface area contributed by atoms with Gasteiger partial charge in [-0.25, -0.2) is 0 Å². The molecule has 1 atom stereocenters. The number of hydrogen-bond donors (Lipinski definition) is 2. The van der Waals surface area contributed by atoms with Gasteiger partial charge in [0.05, 0.1) is 13.2 Å². The molecule has 2 rings (SSSR count). The predicted molar refractivity (Wildman–Crippen MR) is 94.3 cm³/mol. The summed E-state index contributed by atoms with van der Waals surface area (Å²) >= 11 is 0. The fraction of sp³-hybridized carbons (Fsp3) is 0.526. The molecule has 0 spiro atoms. The van der Waals surface area contributed by atoms with E-state index in [1.165, 1.54) is 13.8 Å². The van der Waals surface area contributed by atoms with Crippen LogP contribution in [-0.4, -0.2) is 36.2 Å². The van der Waals surface area contributed by atoms with Crippen molar-refractivity contribution in [2.75, 3.05) is 13.2 Å². The van der Waals surface area contributed by atoms with Crippen molar-refractivity contribution in [1.29, 1.82) is 0 Å². The molecule has 0 bridgehead atoms. The third-order valence-corrected chi connectivity index (χ3v) is 4.42. The Labute approximate surface area is 149 Å². The van der Waals surface area contributed by atoms with E-state index in [-0.39, 0.29) is 0 Å². The lowest BCUT2D eigenvalue weighted by atomic mass is 9.91. The standard InChI is InChI=1S/C19H27N2O4/c1-18(2,16(20)22)25-17(23)19(10-6-12-21-19)11-7-13-24-14-15-8-4-3-5-9-15/h3-5,7-9,21H,6,10-14H2,1-2H3,(H2,20,22). The Hall–Kier alpha value is -1.92. The van der Waals surface area contributed by atoms with E-state index < -0.39 is 23.0 Å². The molecular weight excluding hydrogens is 320 g/mol.